The number of hydrogen-bond donors (Lipinski definition) is 0. The molecule has 0 nitrogen and oxygen atoms in total. The number of hydrogen-bond acceptors (Lipinski definition) is 0. The van der Waals surface area contributed by atoms with E-state index < -0.39 is 0 Å². The third kappa shape index (κ3) is 11.3. The first-order chi connectivity index (χ1) is 26.8. The van der Waals surface area contributed by atoms with Gasteiger partial charge in [0, 0.05) is 0 Å². The first kappa shape index (κ1) is 50.4. The molecule has 6 aromatic carbocycles. The van der Waals surface area contributed by atoms with E-state index in [2.05, 4.69) is 183 Å². The van der Waals surface area contributed by atoms with Gasteiger partial charge in [0.05, 0.1) is 0 Å². The van der Waals surface area contributed by atoms with Gasteiger partial charge >= 0.3 is 41.9 Å². The summed E-state index contributed by atoms with van der Waals surface area (Å²) >= 11 is 1.74. The zero-order valence-electron chi connectivity index (χ0n) is 39.9. The minimum Gasteiger partial charge on any atom is -1.00 e. The SMILES string of the molecule is C[Si](C)=[Zr+2].Cc1cc2c(-c3cc(C(C)(C)C)cc(C(C)(C)C)c3)c3c(cc2[cH-]1)CCC3.Cc1cc2c(-c3cc(C(C)(C)C)cc(C(C)(C)C)c3)c3c(cc2[cH-]1)CCC3.[Cl-].[Cl-]. The van der Waals surface area contributed by atoms with Gasteiger partial charge in [-0.05, 0) is 93.6 Å². The second-order valence-corrected chi connectivity index (χ2v) is 31.5. The van der Waals surface area contributed by atoms with Crippen LogP contribution < -0.4 is 24.8 Å². The average Bonchev–Trinajstić information content (AvgIpc) is 3.90. The topological polar surface area (TPSA) is 0 Å². The van der Waals surface area contributed by atoms with Crippen LogP contribution in [0.3, 0.4) is 0 Å². The van der Waals surface area contributed by atoms with E-state index >= 15 is 0 Å². The molecule has 6 aromatic rings. The van der Waals surface area contributed by atoms with Crippen LogP contribution in [0.15, 0.2) is 72.8 Å². The van der Waals surface area contributed by atoms with Gasteiger partial charge in [0.25, 0.3) is 0 Å². The molecule has 0 bridgehead atoms. The number of rotatable bonds is 2. The van der Waals surface area contributed by atoms with Gasteiger partial charge in [0.15, 0.2) is 0 Å². The first-order valence-electron chi connectivity index (χ1n) is 22.1. The molecular weight excluding hydrogens is 863 g/mol. The fraction of sp³-hybridized carbons (Fsp3) is 0.464. The fourth-order valence-electron chi connectivity index (χ4n) is 9.08. The Hall–Kier alpha value is -2.22. The Labute approximate surface area is 393 Å². The molecule has 8 rings (SSSR count). The molecule has 0 aliphatic heterocycles. The molecule has 2 aliphatic rings. The van der Waals surface area contributed by atoms with Gasteiger partial charge in [-0.25, -0.2) is 0 Å². The number of aryl methyl sites for hydroxylation is 4. The third-order valence-electron chi connectivity index (χ3n) is 12.4. The van der Waals surface area contributed by atoms with Crippen LogP contribution in [-0.4, -0.2) is 5.43 Å². The molecule has 0 heterocycles. The van der Waals surface area contributed by atoms with Crippen molar-refractivity contribution in [2.75, 3.05) is 0 Å². The molecular formula is C56H72Cl2SiZr-2. The molecule has 60 heavy (non-hydrogen) atoms. The minimum atomic E-state index is 0. The minimum absolute atomic E-state index is 0. The molecule has 4 heteroatoms. The Morgan fingerprint density at radius 1 is 0.450 bits per heavy atom. The zero-order chi connectivity index (χ0) is 42.7. The maximum Gasteiger partial charge on any atom is -0.0132 e. The molecule has 0 aromatic heterocycles. The number of benzene rings is 4. The van der Waals surface area contributed by atoms with Gasteiger partial charge in [-0.2, -0.15) is 12.1 Å². The fourth-order valence-corrected chi connectivity index (χ4v) is 9.08. The van der Waals surface area contributed by atoms with Crippen LogP contribution in [0.25, 0.3) is 43.8 Å². The van der Waals surface area contributed by atoms with Crippen molar-refractivity contribution in [3.05, 3.63) is 128 Å². The van der Waals surface area contributed by atoms with Gasteiger partial charge < -0.3 is 24.8 Å². The summed E-state index contributed by atoms with van der Waals surface area (Å²) in [6.45, 7) is 37.0. The van der Waals surface area contributed by atoms with Gasteiger partial charge in [0.2, 0.25) is 0 Å². The smallest absolute Gasteiger partial charge is 0.0132 e. The van der Waals surface area contributed by atoms with Crippen LogP contribution in [-0.2, 0) is 70.7 Å². The Morgan fingerprint density at radius 2 is 0.733 bits per heavy atom. The maximum atomic E-state index is 2.46. The van der Waals surface area contributed by atoms with Crippen LogP contribution >= 0.6 is 0 Å². The number of halogens is 2. The molecule has 2 aliphatic carbocycles. The Bertz CT molecular complexity index is 2260. The molecule has 0 saturated heterocycles. The van der Waals surface area contributed by atoms with E-state index in [4.69, 9.17) is 0 Å². The van der Waals surface area contributed by atoms with Gasteiger partial charge in [-0.3, -0.25) is 0 Å². The number of fused-ring (bicyclic) bond motifs is 4. The summed E-state index contributed by atoms with van der Waals surface area (Å²) < 4.78 is 0. The Morgan fingerprint density at radius 3 is 1.00 bits per heavy atom. The monoisotopic (exact) mass is 932 g/mol. The first-order valence-corrected chi connectivity index (χ1v) is 28.3. The van der Waals surface area contributed by atoms with E-state index in [-0.39, 0.29) is 51.9 Å². The van der Waals surface area contributed by atoms with Crippen molar-refractivity contribution < 1.29 is 48.1 Å². The third-order valence-corrected chi connectivity index (χ3v) is 12.4. The van der Waals surface area contributed by atoms with Gasteiger partial charge in [0.1, 0.15) is 0 Å². The van der Waals surface area contributed by atoms with E-state index in [1.54, 1.807) is 45.6 Å². The quantitative estimate of drug-likeness (QED) is 0.120. The summed E-state index contributed by atoms with van der Waals surface area (Å²) in [6, 6.07) is 29.1. The predicted octanol–water partition coefficient (Wildman–Crippen LogP) is 10.0. The van der Waals surface area contributed by atoms with Crippen LogP contribution in [0.1, 0.15) is 152 Å². The zero-order valence-corrected chi connectivity index (χ0v) is 44.9. The second-order valence-electron chi connectivity index (χ2n) is 22.2. The Kier molecular flexibility index (Phi) is 15.9. The maximum absolute atomic E-state index is 2.46. The van der Waals surface area contributed by atoms with Crippen LogP contribution in [0, 0.1) is 13.8 Å². The van der Waals surface area contributed by atoms with E-state index in [0.717, 1.165) is 0 Å². The normalized spacial score (nSPS) is 13.8. The summed E-state index contributed by atoms with van der Waals surface area (Å²) in [5.74, 6) is 0. The summed E-state index contributed by atoms with van der Waals surface area (Å²) in [7, 11) is 0. The molecule has 0 unspecified atom stereocenters. The Balaban J connectivity index is 0.000000236. The van der Waals surface area contributed by atoms with Crippen molar-refractivity contribution in [1.29, 1.82) is 0 Å². The molecule has 0 fully saturated rings. The molecule has 0 N–H and O–H groups in total. The molecule has 0 saturated carbocycles. The van der Waals surface area contributed by atoms with Crippen molar-refractivity contribution in [1.82, 2.24) is 0 Å². The molecule has 0 radical (unpaired) electrons. The standard InChI is InChI=1S/2C27H33.C2H6Si.2ClH.Zr/c2*1-17-11-19-13-18-9-8-10-23(18)25(24(19)12-17)20-14-21(26(2,3)4)16-22(15-20)27(5,6)7;1-3-2;;;/h2*11-16H,8-10H2,1-7H3;1-2H3;2*1H;/q2*-1;;;;+2/p-2. The van der Waals surface area contributed by atoms with Crippen molar-refractivity contribution in [3.63, 3.8) is 0 Å². The van der Waals surface area contributed by atoms with Crippen molar-refractivity contribution in [2.24, 2.45) is 0 Å². The molecule has 320 valence electrons. The predicted molar refractivity (Wildman–Crippen MR) is 256 cm³/mol. The summed E-state index contributed by atoms with van der Waals surface area (Å²) in [4.78, 5) is 0. The van der Waals surface area contributed by atoms with Gasteiger partial charge in [-0.15, -0.1) is 56.9 Å². The van der Waals surface area contributed by atoms with Crippen LogP contribution in [0.4, 0.5) is 0 Å². The second kappa shape index (κ2) is 18.9. The molecule has 0 amide bonds. The molecule has 0 atom stereocenters. The van der Waals surface area contributed by atoms with Crippen molar-refractivity contribution in [2.45, 2.75) is 170 Å². The summed E-state index contributed by atoms with van der Waals surface area (Å²) in [6.07, 6.45) is 7.48. The van der Waals surface area contributed by atoms with E-state index in [1.165, 1.54) is 116 Å². The van der Waals surface area contributed by atoms with Gasteiger partial charge in [-0.1, -0.05) is 167 Å². The van der Waals surface area contributed by atoms with E-state index in [9.17, 15) is 0 Å². The van der Waals surface area contributed by atoms with Crippen molar-refractivity contribution in [3.8, 4) is 22.3 Å². The van der Waals surface area contributed by atoms with Crippen LogP contribution in [0.5, 0.6) is 0 Å². The largest absolute Gasteiger partial charge is 1.00 e. The van der Waals surface area contributed by atoms with Crippen LogP contribution in [0.2, 0.25) is 13.1 Å². The van der Waals surface area contributed by atoms with E-state index in [0.29, 0.717) is 0 Å². The summed E-state index contributed by atoms with van der Waals surface area (Å²) in [5.41, 5.74) is 21.5. The van der Waals surface area contributed by atoms with E-state index in [1.807, 2.05) is 0 Å². The average molecular weight is 935 g/mol. The van der Waals surface area contributed by atoms with Crippen molar-refractivity contribution >= 4 is 27.0 Å². The summed E-state index contributed by atoms with van der Waals surface area (Å²) in [5, 5.41) is 5.72. The molecule has 0 spiro atoms.